The Morgan fingerprint density at radius 2 is 2.19 bits per heavy atom. The summed E-state index contributed by atoms with van der Waals surface area (Å²) in [6, 6.07) is 3.39. The largest absolute Gasteiger partial charge is 0.413 e. The molecule has 0 radical (unpaired) electrons. The van der Waals surface area contributed by atoms with E-state index in [1.165, 1.54) is 6.20 Å². The zero-order valence-corrected chi connectivity index (χ0v) is 9.78. The minimum Gasteiger partial charge on any atom is -0.409 e. The van der Waals surface area contributed by atoms with Crippen LogP contribution in [-0.4, -0.2) is 16.6 Å². The number of carbonyl (C=O) groups is 1. The summed E-state index contributed by atoms with van der Waals surface area (Å²) in [5, 5.41) is 2.68. The predicted octanol–water partition coefficient (Wildman–Crippen LogP) is 1.43. The number of amides is 1. The van der Waals surface area contributed by atoms with Crippen molar-refractivity contribution in [3.05, 3.63) is 24.0 Å². The van der Waals surface area contributed by atoms with E-state index < -0.39 is 6.09 Å². The first-order valence-corrected chi connectivity index (χ1v) is 5.06. The summed E-state index contributed by atoms with van der Waals surface area (Å²) in [5.74, 6) is 0.402. The minimum absolute atomic E-state index is 0.318. The molecule has 0 unspecified atom stereocenters. The van der Waals surface area contributed by atoms with Gasteiger partial charge in [0.05, 0.1) is 11.9 Å². The van der Waals surface area contributed by atoms with Crippen LogP contribution in [0.4, 0.5) is 4.79 Å². The number of nitrogens with two attached hydrogens (primary N) is 1. The van der Waals surface area contributed by atoms with Gasteiger partial charge in [0, 0.05) is 12.1 Å². The van der Waals surface area contributed by atoms with E-state index in [0.717, 1.165) is 5.69 Å². The molecule has 1 amide bonds. The number of nitrogens with zero attached hydrogens (tertiary/aromatic N) is 1. The molecule has 0 saturated carbocycles. The van der Waals surface area contributed by atoms with Gasteiger partial charge in [-0.15, -0.1) is 0 Å². The molecule has 3 N–H and O–H groups in total. The van der Waals surface area contributed by atoms with Crippen molar-refractivity contribution < 1.29 is 9.53 Å². The number of ether oxygens (including phenoxy) is 1. The van der Waals surface area contributed by atoms with Crippen molar-refractivity contribution in [1.29, 1.82) is 0 Å². The SMILES string of the molecule is CC(C)(C)NC(=O)Oc1ccc(CN)nc1. The zero-order valence-electron chi connectivity index (χ0n) is 9.78. The summed E-state index contributed by atoms with van der Waals surface area (Å²) in [4.78, 5) is 15.4. The van der Waals surface area contributed by atoms with Gasteiger partial charge in [-0.2, -0.15) is 0 Å². The average Bonchev–Trinajstić information content (AvgIpc) is 2.16. The molecule has 0 aliphatic carbocycles. The van der Waals surface area contributed by atoms with E-state index in [1.54, 1.807) is 12.1 Å². The van der Waals surface area contributed by atoms with Gasteiger partial charge in [-0.25, -0.2) is 4.79 Å². The molecule has 5 nitrogen and oxygen atoms in total. The van der Waals surface area contributed by atoms with Crippen LogP contribution in [0.2, 0.25) is 0 Å². The Labute approximate surface area is 95.0 Å². The maximum atomic E-state index is 11.4. The van der Waals surface area contributed by atoms with Gasteiger partial charge in [0.15, 0.2) is 5.75 Å². The third-order valence-corrected chi connectivity index (χ3v) is 1.69. The van der Waals surface area contributed by atoms with Gasteiger partial charge in [-0.05, 0) is 32.9 Å². The van der Waals surface area contributed by atoms with Gasteiger partial charge < -0.3 is 15.8 Å². The predicted molar refractivity (Wildman–Crippen MR) is 61.0 cm³/mol. The quantitative estimate of drug-likeness (QED) is 0.795. The summed E-state index contributed by atoms with van der Waals surface area (Å²) in [6.45, 7) is 6.01. The summed E-state index contributed by atoms with van der Waals surface area (Å²) in [5.41, 5.74) is 5.84. The Bertz CT molecular complexity index is 354. The molecule has 1 aromatic heterocycles. The van der Waals surface area contributed by atoms with E-state index in [2.05, 4.69) is 10.3 Å². The van der Waals surface area contributed by atoms with Crippen LogP contribution in [0.5, 0.6) is 5.75 Å². The maximum absolute atomic E-state index is 11.4. The fourth-order valence-electron chi connectivity index (χ4n) is 1.03. The molecule has 5 heteroatoms. The second-order valence-corrected chi connectivity index (χ2v) is 4.45. The molecule has 16 heavy (non-hydrogen) atoms. The summed E-state index contributed by atoms with van der Waals surface area (Å²) in [7, 11) is 0. The number of carbonyl (C=O) groups excluding carboxylic acids is 1. The summed E-state index contributed by atoms with van der Waals surface area (Å²) >= 11 is 0. The van der Waals surface area contributed by atoms with Crippen molar-refractivity contribution in [3.63, 3.8) is 0 Å². The van der Waals surface area contributed by atoms with Crippen molar-refractivity contribution in [2.45, 2.75) is 32.9 Å². The number of aromatic nitrogens is 1. The lowest BCUT2D eigenvalue weighted by atomic mass is 10.1. The van der Waals surface area contributed by atoms with E-state index in [4.69, 9.17) is 10.5 Å². The second kappa shape index (κ2) is 4.94. The molecule has 0 saturated heterocycles. The first-order valence-electron chi connectivity index (χ1n) is 5.06. The lowest BCUT2D eigenvalue weighted by Crippen LogP contribution is -2.42. The van der Waals surface area contributed by atoms with E-state index in [-0.39, 0.29) is 5.54 Å². The van der Waals surface area contributed by atoms with Crippen LogP contribution in [0, 0.1) is 0 Å². The van der Waals surface area contributed by atoms with Crippen LogP contribution in [0.15, 0.2) is 18.3 Å². The molecular formula is C11H17N3O2. The maximum Gasteiger partial charge on any atom is 0.413 e. The van der Waals surface area contributed by atoms with Crippen LogP contribution in [0.1, 0.15) is 26.5 Å². The van der Waals surface area contributed by atoms with E-state index >= 15 is 0 Å². The van der Waals surface area contributed by atoms with Gasteiger partial charge in [-0.3, -0.25) is 4.98 Å². The van der Waals surface area contributed by atoms with Gasteiger partial charge >= 0.3 is 6.09 Å². The molecule has 1 aromatic rings. The highest BCUT2D eigenvalue weighted by Gasteiger charge is 2.15. The van der Waals surface area contributed by atoms with Crippen LogP contribution in [0.3, 0.4) is 0 Å². The van der Waals surface area contributed by atoms with Gasteiger partial charge in [-0.1, -0.05) is 0 Å². The smallest absolute Gasteiger partial charge is 0.409 e. The highest BCUT2D eigenvalue weighted by molar-refractivity contribution is 5.70. The van der Waals surface area contributed by atoms with Crippen LogP contribution >= 0.6 is 0 Å². The van der Waals surface area contributed by atoms with Crippen LogP contribution in [0.25, 0.3) is 0 Å². The molecule has 0 aromatic carbocycles. The summed E-state index contributed by atoms with van der Waals surface area (Å²) < 4.78 is 5.04. The zero-order chi connectivity index (χ0) is 12.2. The Balaban J connectivity index is 2.56. The first kappa shape index (κ1) is 12.4. The second-order valence-electron chi connectivity index (χ2n) is 4.45. The lowest BCUT2D eigenvalue weighted by Gasteiger charge is -2.19. The molecule has 0 fully saturated rings. The molecular weight excluding hydrogens is 206 g/mol. The normalized spacial score (nSPS) is 11.0. The van der Waals surface area contributed by atoms with Crippen molar-refractivity contribution in [1.82, 2.24) is 10.3 Å². The van der Waals surface area contributed by atoms with Crippen molar-refractivity contribution >= 4 is 6.09 Å². The average molecular weight is 223 g/mol. The molecule has 0 spiro atoms. The Morgan fingerprint density at radius 3 is 2.62 bits per heavy atom. The lowest BCUT2D eigenvalue weighted by molar-refractivity contribution is 0.190. The Morgan fingerprint density at radius 1 is 1.50 bits per heavy atom. The number of hydrogen-bond donors (Lipinski definition) is 2. The highest BCUT2D eigenvalue weighted by atomic mass is 16.6. The van der Waals surface area contributed by atoms with Gasteiger partial charge in [0.2, 0.25) is 0 Å². The number of nitrogens with one attached hydrogen (secondary N) is 1. The molecule has 0 aliphatic heterocycles. The topological polar surface area (TPSA) is 77.2 Å². The summed E-state index contributed by atoms with van der Waals surface area (Å²) in [6.07, 6.45) is 0.986. The van der Waals surface area contributed by atoms with Crippen molar-refractivity contribution in [3.8, 4) is 5.75 Å². The third-order valence-electron chi connectivity index (χ3n) is 1.69. The van der Waals surface area contributed by atoms with Crippen LogP contribution < -0.4 is 15.8 Å². The van der Waals surface area contributed by atoms with Crippen molar-refractivity contribution in [2.75, 3.05) is 0 Å². The van der Waals surface area contributed by atoms with E-state index in [9.17, 15) is 4.79 Å². The van der Waals surface area contributed by atoms with Gasteiger partial charge in [0.1, 0.15) is 0 Å². The fourth-order valence-corrected chi connectivity index (χ4v) is 1.03. The Hall–Kier alpha value is -1.62. The molecule has 0 bridgehead atoms. The molecule has 1 heterocycles. The third kappa shape index (κ3) is 4.27. The van der Waals surface area contributed by atoms with E-state index in [1.807, 2.05) is 20.8 Å². The van der Waals surface area contributed by atoms with Crippen LogP contribution in [-0.2, 0) is 6.54 Å². The number of pyridine rings is 1. The first-order chi connectivity index (χ1) is 7.40. The fraction of sp³-hybridized carbons (Fsp3) is 0.455. The highest BCUT2D eigenvalue weighted by Crippen LogP contribution is 2.09. The van der Waals surface area contributed by atoms with Crippen molar-refractivity contribution in [2.24, 2.45) is 5.73 Å². The Kier molecular flexibility index (Phi) is 3.84. The van der Waals surface area contributed by atoms with E-state index in [0.29, 0.717) is 12.3 Å². The monoisotopic (exact) mass is 223 g/mol. The molecule has 0 aliphatic rings. The van der Waals surface area contributed by atoms with Gasteiger partial charge in [0.25, 0.3) is 0 Å². The molecule has 1 rings (SSSR count). The molecule has 88 valence electrons. The standard InChI is InChI=1S/C11H17N3O2/c1-11(2,3)14-10(15)16-9-5-4-8(6-12)13-7-9/h4-5,7H,6,12H2,1-3H3,(H,14,15). The number of hydrogen-bond acceptors (Lipinski definition) is 4. The number of rotatable bonds is 2. The minimum atomic E-state index is -0.491. The molecule has 0 atom stereocenters.